The number of alkyl carbamates (subject to hydrolysis) is 1. The molecule has 0 saturated heterocycles. The summed E-state index contributed by atoms with van der Waals surface area (Å²) in [7, 11) is 0. The number of esters is 1. The fourth-order valence-corrected chi connectivity index (χ4v) is 7.36. The number of cyclic esters (lactones) is 1. The summed E-state index contributed by atoms with van der Waals surface area (Å²) in [6.45, 7) is -0.0475. The average Bonchev–Trinajstić information content (AvgIpc) is 3.74. The SMILES string of the molecule is O=C(C[C@H]1CC=CCC[C@H](NC(=O)OCC2c3ccccc3-c3ccccc32)C(=O)O[C@H](c2ccccc2)CNC1=O)NC1(CO)CCCC1. The van der Waals surface area contributed by atoms with E-state index in [0.29, 0.717) is 31.2 Å². The number of nitrogens with one attached hydrogen (secondary N) is 3. The minimum atomic E-state index is -0.999. The predicted octanol–water partition coefficient (Wildman–Crippen LogP) is 5.46. The lowest BCUT2D eigenvalue weighted by Gasteiger charge is -2.29. The number of benzene rings is 3. The molecule has 4 N–H and O–H groups in total. The lowest BCUT2D eigenvalue weighted by atomic mass is 9.95. The van der Waals surface area contributed by atoms with Crippen LogP contribution in [0.15, 0.2) is 91.0 Å². The summed E-state index contributed by atoms with van der Waals surface area (Å²) in [5, 5.41) is 18.6. The molecule has 10 nitrogen and oxygen atoms in total. The Bertz CT molecular complexity index is 1660. The zero-order valence-electron chi connectivity index (χ0n) is 28.1. The third kappa shape index (κ3) is 8.25. The van der Waals surface area contributed by atoms with Crippen molar-refractivity contribution in [3.05, 3.63) is 108 Å². The van der Waals surface area contributed by atoms with Gasteiger partial charge in [-0.1, -0.05) is 104 Å². The second-order valence-electron chi connectivity index (χ2n) is 13.5. The van der Waals surface area contributed by atoms with Crippen LogP contribution in [0.2, 0.25) is 0 Å². The van der Waals surface area contributed by atoms with E-state index in [1.54, 1.807) is 12.1 Å². The summed E-state index contributed by atoms with van der Waals surface area (Å²) in [6.07, 6.45) is 6.32. The first kappa shape index (κ1) is 34.9. The minimum absolute atomic E-state index is 0.0192. The van der Waals surface area contributed by atoms with Crippen LogP contribution in [-0.2, 0) is 23.9 Å². The van der Waals surface area contributed by atoms with Gasteiger partial charge in [-0.25, -0.2) is 9.59 Å². The molecule has 0 spiro atoms. The van der Waals surface area contributed by atoms with Crippen LogP contribution in [0.5, 0.6) is 0 Å². The van der Waals surface area contributed by atoms with Crippen LogP contribution < -0.4 is 16.0 Å². The van der Waals surface area contributed by atoms with Gasteiger partial charge in [0, 0.05) is 12.3 Å². The third-order valence-electron chi connectivity index (χ3n) is 10.1. The molecule has 3 aliphatic rings. The summed E-state index contributed by atoms with van der Waals surface area (Å²) in [5.74, 6) is -2.05. The molecule has 1 saturated carbocycles. The third-order valence-corrected chi connectivity index (χ3v) is 10.1. The molecule has 1 fully saturated rings. The van der Waals surface area contributed by atoms with Crippen molar-refractivity contribution in [3.63, 3.8) is 0 Å². The second kappa shape index (κ2) is 16.2. The van der Waals surface area contributed by atoms with Crippen LogP contribution in [0.25, 0.3) is 11.1 Å². The molecule has 262 valence electrons. The smallest absolute Gasteiger partial charge is 0.407 e. The van der Waals surface area contributed by atoms with Gasteiger partial charge >= 0.3 is 12.1 Å². The molecule has 6 rings (SSSR count). The second-order valence-corrected chi connectivity index (χ2v) is 13.5. The molecule has 0 bridgehead atoms. The van der Waals surface area contributed by atoms with Gasteiger partial charge in [-0.05, 0) is 59.9 Å². The number of amides is 3. The number of hydrogen-bond donors (Lipinski definition) is 4. The quantitative estimate of drug-likeness (QED) is 0.183. The Morgan fingerprint density at radius 3 is 2.24 bits per heavy atom. The molecule has 2 aliphatic carbocycles. The Labute approximate surface area is 292 Å². The maximum atomic E-state index is 13.6. The van der Waals surface area contributed by atoms with E-state index >= 15 is 0 Å². The Kier molecular flexibility index (Phi) is 11.3. The maximum Gasteiger partial charge on any atom is 0.407 e. The van der Waals surface area contributed by atoms with Crippen molar-refractivity contribution in [2.75, 3.05) is 19.8 Å². The Balaban J connectivity index is 1.14. The zero-order valence-corrected chi connectivity index (χ0v) is 28.1. The molecule has 3 amide bonds. The van der Waals surface area contributed by atoms with E-state index in [-0.39, 0.29) is 50.3 Å². The van der Waals surface area contributed by atoms with Gasteiger partial charge in [0.1, 0.15) is 18.8 Å². The van der Waals surface area contributed by atoms with Gasteiger partial charge < -0.3 is 30.5 Å². The number of allylic oxidation sites excluding steroid dienone is 2. The summed E-state index contributed by atoms with van der Waals surface area (Å²) in [5.41, 5.74) is 4.45. The maximum absolute atomic E-state index is 13.6. The fraction of sp³-hybridized carbons (Fsp3) is 0.400. The molecular weight excluding hydrogens is 634 g/mol. The molecular formula is C40H45N3O7. The van der Waals surface area contributed by atoms with Crippen molar-refractivity contribution in [3.8, 4) is 11.1 Å². The molecule has 1 heterocycles. The molecule has 50 heavy (non-hydrogen) atoms. The molecule has 3 atom stereocenters. The number of aliphatic hydroxyl groups excluding tert-OH is 1. The molecule has 3 aromatic rings. The standard InChI is InChI=1S/C40H45N3O7/c44-26-40(21-11-12-22-40)43-36(45)23-28-15-5-2-6-20-34(38(47)50-35(24-41-37(28)46)27-13-3-1-4-14-27)42-39(48)49-25-33-31-18-9-7-16-29(31)30-17-8-10-19-32(30)33/h1-5,7-10,13-14,16-19,28,33-35,44H,6,11-12,15,20-26H2,(H,41,46)(H,42,48)(H,43,45)/t28-,34+,35+/m1/s1. The van der Waals surface area contributed by atoms with Crippen molar-refractivity contribution in [2.45, 2.75) is 75.0 Å². The highest BCUT2D eigenvalue weighted by Gasteiger charge is 2.36. The number of ether oxygens (including phenoxy) is 2. The van der Waals surface area contributed by atoms with E-state index in [9.17, 15) is 24.3 Å². The van der Waals surface area contributed by atoms with Gasteiger partial charge in [0.2, 0.25) is 11.8 Å². The fourth-order valence-electron chi connectivity index (χ4n) is 7.36. The van der Waals surface area contributed by atoms with Crippen LogP contribution in [0.3, 0.4) is 0 Å². The lowest BCUT2D eigenvalue weighted by Crippen LogP contribution is -2.50. The van der Waals surface area contributed by atoms with E-state index < -0.39 is 35.7 Å². The Morgan fingerprint density at radius 2 is 1.56 bits per heavy atom. The minimum Gasteiger partial charge on any atom is -0.454 e. The van der Waals surface area contributed by atoms with Crippen LogP contribution in [0.1, 0.15) is 80.1 Å². The van der Waals surface area contributed by atoms with E-state index in [0.717, 1.165) is 35.1 Å². The van der Waals surface area contributed by atoms with Crippen molar-refractivity contribution >= 4 is 23.9 Å². The monoisotopic (exact) mass is 679 g/mol. The molecule has 0 radical (unpaired) electrons. The average molecular weight is 680 g/mol. The van der Waals surface area contributed by atoms with E-state index in [4.69, 9.17) is 9.47 Å². The van der Waals surface area contributed by atoms with Crippen LogP contribution >= 0.6 is 0 Å². The van der Waals surface area contributed by atoms with Gasteiger partial charge in [0.05, 0.1) is 24.6 Å². The zero-order chi connectivity index (χ0) is 34.9. The highest BCUT2D eigenvalue weighted by molar-refractivity contribution is 5.86. The molecule has 1 aliphatic heterocycles. The number of hydrogen-bond acceptors (Lipinski definition) is 7. The summed E-state index contributed by atoms with van der Waals surface area (Å²) in [6, 6.07) is 24.2. The Morgan fingerprint density at radius 1 is 0.900 bits per heavy atom. The van der Waals surface area contributed by atoms with Crippen molar-refractivity contribution in [1.29, 1.82) is 0 Å². The number of carbonyl (C=O) groups excluding carboxylic acids is 4. The predicted molar refractivity (Wildman–Crippen MR) is 188 cm³/mol. The molecule has 10 heteroatoms. The number of aliphatic hydroxyl groups is 1. The lowest BCUT2D eigenvalue weighted by molar-refractivity contribution is -0.152. The molecule has 0 aromatic heterocycles. The number of rotatable bonds is 8. The highest BCUT2D eigenvalue weighted by Crippen LogP contribution is 2.44. The summed E-state index contributed by atoms with van der Waals surface area (Å²) in [4.78, 5) is 53.4. The molecule has 0 unspecified atom stereocenters. The van der Waals surface area contributed by atoms with Gasteiger partial charge in [-0.15, -0.1) is 0 Å². The van der Waals surface area contributed by atoms with Gasteiger partial charge in [-0.2, -0.15) is 0 Å². The topological polar surface area (TPSA) is 143 Å². The first-order chi connectivity index (χ1) is 24.4. The summed E-state index contributed by atoms with van der Waals surface area (Å²) >= 11 is 0. The van der Waals surface area contributed by atoms with Crippen molar-refractivity contribution < 1.29 is 33.8 Å². The van der Waals surface area contributed by atoms with E-state index in [2.05, 4.69) is 28.1 Å². The van der Waals surface area contributed by atoms with Gasteiger partial charge in [0.15, 0.2) is 0 Å². The van der Waals surface area contributed by atoms with E-state index in [1.807, 2.05) is 66.7 Å². The summed E-state index contributed by atoms with van der Waals surface area (Å²) < 4.78 is 11.7. The normalized spacial score (nSPS) is 22.1. The largest absolute Gasteiger partial charge is 0.454 e. The van der Waals surface area contributed by atoms with Crippen molar-refractivity contribution in [1.82, 2.24) is 16.0 Å². The van der Waals surface area contributed by atoms with E-state index in [1.165, 1.54) is 0 Å². The van der Waals surface area contributed by atoms with Crippen molar-refractivity contribution in [2.24, 2.45) is 5.92 Å². The van der Waals surface area contributed by atoms with Crippen LogP contribution in [0, 0.1) is 5.92 Å². The first-order valence-electron chi connectivity index (χ1n) is 17.6. The van der Waals surface area contributed by atoms with Gasteiger partial charge in [0.25, 0.3) is 0 Å². The number of carbonyl (C=O) groups is 4. The highest BCUT2D eigenvalue weighted by atomic mass is 16.6. The first-order valence-corrected chi connectivity index (χ1v) is 17.6. The molecule has 3 aromatic carbocycles. The van der Waals surface area contributed by atoms with Crippen LogP contribution in [-0.4, -0.2) is 60.3 Å². The van der Waals surface area contributed by atoms with Crippen LogP contribution in [0.4, 0.5) is 4.79 Å². The van der Waals surface area contributed by atoms with Gasteiger partial charge in [-0.3, -0.25) is 9.59 Å². The Hall–Kier alpha value is -4.96. The number of fused-ring (bicyclic) bond motifs is 3.